The summed E-state index contributed by atoms with van der Waals surface area (Å²) in [4.78, 5) is 12.6. The Balaban J connectivity index is 1.55. The van der Waals surface area contributed by atoms with Gasteiger partial charge in [0.15, 0.2) is 0 Å². The molecule has 1 aliphatic rings. The van der Waals surface area contributed by atoms with Gasteiger partial charge in [0.1, 0.15) is 17.5 Å². The van der Waals surface area contributed by atoms with Crippen LogP contribution >= 0.6 is 0 Å². The summed E-state index contributed by atoms with van der Waals surface area (Å²) in [5, 5.41) is 2.99. The number of ether oxygens (including phenoxy) is 2. The number of carbonyl (C=O) groups is 1. The fourth-order valence-electron chi connectivity index (χ4n) is 3.25. The first-order valence-electron chi connectivity index (χ1n) is 9.84. The fourth-order valence-corrected chi connectivity index (χ4v) is 3.25. The molecule has 28 heavy (non-hydrogen) atoms. The van der Waals surface area contributed by atoms with Crippen LogP contribution in [0.2, 0.25) is 0 Å². The molecule has 6 heteroatoms. The second kappa shape index (κ2) is 10.1. The van der Waals surface area contributed by atoms with Crippen LogP contribution in [0.15, 0.2) is 48.5 Å². The van der Waals surface area contributed by atoms with Gasteiger partial charge < -0.3 is 14.8 Å². The number of nitrogens with one attached hydrogen (secondary N) is 3. The van der Waals surface area contributed by atoms with Gasteiger partial charge in [-0.15, -0.1) is 0 Å². The molecule has 0 spiro atoms. The highest BCUT2D eigenvalue weighted by atomic mass is 16.5. The first-order chi connectivity index (χ1) is 13.7. The van der Waals surface area contributed by atoms with Crippen molar-refractivity contribution in [3.8, 4) is 11.5 Å². The van der Waals surface area contributed by atoms with E-state index in [2.05, 4.69) is 29.2 Å². The summed E-state index contributed by atoms with van der Waals surface area (Å²) in [6, 6.07) is 15.5. The quantitative estimate of drug-likeness (QED) is 0.581. The fraction of sp³-hybridized carbons (Fsp3) is 0.409. The zero-order valence-electron chi connectivity index (χ0n) is 16.5. The zero-order chi connectivity index (χ0) is 19.8. The van der Waals surface area contributed by atoms with Gasteiger partial charge in [0, 0.05) is 12.1 Å². The van der Waals surface area contributed by atoms with Gasteiger partial charge in [-0.05, 0) is 36.6 Å². The number of benzene rings is 2. The first kappa shape index (κ1) is 20.2. The van der Waals surface area contributed by atoms with Crippen LogP contribution in [0.25, 0.3) is 0 Å². The average molecular weight is 383 g/mol. The Morgan fingerprint density at radius 1 is 1.18 bits per heavy atom. The van der Waals surface area contributed by atoms with Crippen molar-refractivity contribution in [3.05, 3.63) is 59.7 Å². The van der Waals surface area contributed by atoms with Crippen LogP contribution < -0.4 is 25.6 Å². The second-order valence-electron chi connectivity index (χ2n) is 6.94. The predicted octanol–water partition coefficient (Wildman–Crippen LogP) is 3.10. The van der Waals surface area contributed by atoms with E-state index in [9.17, 15) is 4.79 Å². The summed E-state index contributed by atoms with van der Waals surface area (Å²) < 4.78 is 11.2. The Morgan fingerprint density at radius 2 is 2.04 bits per heavy atom. The third-order valence-corrected chi connectivity index (χ3v) is 4.87. The largest absolute Gasteiger partial charge is 0.497 e. The lowest BCUT2D eigenvalue weighted by atomic mass is 10.0. The minimum atomic E-state index is -0.292. The summed E-state index contributed by atoms with van der Waals surface area (Å²) in [5.41, 5.74) is 8.44. The first-order valence-corrected chi connectivity index (χ1v) is 9.84. The Morgan fingerprint density at radius 3 is 2.86 bits per heavy atom. The summed E-state index contributed by atoms with van der Waals surface area (Å²) in [6.45, 7) is 3.32. The van der Waals surface area contributed by atoms with Crippen molar-refractivity contribution in [1.29, 1.82) is 0 Å². The maximum atomic E-state index is 12.6. The highest BCUT2D eigenvalue weighted by Gasteiger charge is 2.31. The molecule has 1 fully saturated rings. The van der Waals surface area contributed by atoms with Crippen molar-refractivity contribution in [2.24, 2.45) is 0 Å². The van der Waals surface area contributed by atoms with Crippen molar-refractivity contribution < 1.29 is 14.3 Å². The van der Waals surface area contributed by atoms with E-state index < -0.39 is 0 Å². The van der Waals surface area contributed by atoms with E-state index in [0.29, 0.717) is 19.6 Å². The Kier molecular flexibility index (Phi) is 7.28. The van der Waals surface area contributed by atoms with Crippen LogP contribution in [0.3, 0.4) is 0 Å². The zero-order valence-corrected chi connectivity index (χ0v) is 16.5. The summed E-state index contributed by atoms with van der Waals surface area (Å²) in [5.74, 6) is 1.64. The minimum absolute atomic E-state index is 0.0257. The Hall–Kier alpha value is -2.57. The van der Waals surface area contributed by atoms with Crippen molar-refractivity contribution in [1.82, 2.24) is 16.2 Å². The van der Waals surface area contributed by atoms with Crippen molar-refractivity contribution in [2.75, 3.05) is 13.7 Å². The van der Waals surface area contributed by atoms with Crippen molar-refractivity contribution in [2.45, 2.75) is 44.8 Å². The average Bonchev–Trinajstić information content (AvgIpc) is 3.23. The Labute approximate surface area is 166 Å². The summed E-state index contributed by atoms with van der Waals surface area (Å²) in [7, 11) is 1.63. The van der Waals surface area contributed by atoms with Gasteiger partial charge in [0.2, 0.25) is 5.91 Å². The van der Waals surface area contributed by atoms with Gasteiger partial charge in [-0.25, -0.2) is 10.9 Å². The maximum Gasteiger partial charge on any atom is 0.238 e. The molecule has 3 N–H and O–H groups in total. The van der Waals surface area contributed by atoms with Gasteiger partial charge in [0.25, 0.3) is 0 Å². The maximum absolute atomic E-state index is 12.6. The normalized spacial score (nSPS) is 18.6. The molecule has 0 aliphatic carbocycles. The van der Waals surface area contributed by atoms with Gasteiger partial charge >= 0.3 is 0 Å². The second-order valence-corrected chi connectivity index (χ2v) is 6.94. The number of unbranched alkanes of at least 4 members (excludes halogenated alkanes) is 1. The van der Waals surface area contributed by atoms with Gasteiger partial charge in [-0.1, -0.05) is 43.7 Å². The van der Waals surface area contributed by atoms with Crippen LogP contribution in [0.5, 0.6) is 11.5 Å². The molecule has 2 unspecified atom stereocenters. The van der Waals surface area contributed by atoms with E-state index in [1.165, 1.54) is 0 Å². The monoisotopic (exact) mass is 383 g/mol. The molecular weight excluding hydrogens is 354 g/mol. The van der Waals surface area contributed by atoms with E-state index in [4.69, 9.17) is 9.47 Å². The number of rotatable bonds is 9. The minimum Gasteiger partial charge on any atom is -0.497 e. The molecule has 2 atom stereocenters. The molecule has 1 heterocycles. The predicted molar refractivity (Wildman–Crippen MR) is 109 cm³/mol. The molecule has 2 aromatic rings. The van der Waals surface area contributed by atoms with Crippen LogP contribution in [0, 0.1) is 0 Å². The van der Waals surface area contributed by atoms with Crippen LogP contribution in [0.1, 0.15) is 43.4 Å². The molecule has 0 aromatic heterocycles. The van der Waals surface area contributed by atoms with Gasteiger partial charge in [-0.2, -0.15) is 0 Å². The third kappa shape index (κ3) is 5.24. The molecular formula is C22H29N3O3. The van der Waals surface area contributed by atoms with E-state index >= 15 is 0 Å². The molecule has 6 nitrogen and oxygen atoms in total. The smallest absolute Gasteiger partial charge is 0.238 e. The summed E-state index contributed by atoms with van der Waals surface area (Å²) in [6.07, 6.45) is 2.79. The van der Waals surface area contributed by atoms with Crippen molar-refractivity contribution >= 4 is 5.91 Å². The molecule has 0 saturated carbocycles. The number of hydrogen-bond donors (Lipinski definition) is 3. The molecule has 150 valence electrons. The van der Waals surface area contributed by atoms with Gasteiger partial charge in [-0.3, -0.25) is 4.79 Å². The number of hydrazine groups is 1. The van der Waals surface area contributed by atoms with E-state index in [1.54, 1.807) is 7.11 Å². The van der Waals surface area contributed by atoms with Crippen LogP contribution in [-0.4, -0.2) is 25.7 Å². The standard InChI is InChI=1S/C22H29N3O3/c1-3-4-12-28-21-11-6-5-10-18(21)19-14-20(25-24-19)22(26)23-15-16-8-7-9-17(13-16)27-2/h5-11,13,19-20,24-25H,3-4,12,14-15H2,1-2H3,(H,23,26). The molecule has 1 saturated heterocycles. The third-order valence-electron chi connectivity index (χ3n) is 4.87. The van der Waals surface area contributed by atoms with Crippen LogP contribution in [-0.2, 0) is 11.3 Å². The van der Waals surface area contributed by atoms with Gasteiger partial charge in [0.05, 0.1) is 19.8 Å². The van der Waals surface area contributed by atoms with E-state index in [1.807, 2.05) is 42.5 Å². The summed E-state index contributed by atoms with van der Waals surface area (Å²) >= 11 is 0. The molecule has 3 rings (SSSR count). The number of para-hydroxylation sites is 1. The number of amides is 1. The van der Waals surface area contributed by atoms with Crippen molar-refractivity contribution in [3.63, 3.8) is 0 Å². The number of methoxy groups -OCH3 is 1. The highest BCUT2D eigenvalue weighted by Crippen LogP contribution is 2.30. The molecule has 0 radical (unpaired) electrons. The number of hydrogen-bond acceptors (Lipinski definition) is 5. The molecule has 0 bridgehead atoms. The number of carbonyl (C=O) groups excluding carboxylic acids is 1. The lowest BCUT2D eigenvalue weighted by Crippen LogP contribution is -2.42. The SMILES string of the molecule is CCCCOc1ccccc1C1CC(C(=O)NCc2cccc(OC)c2)NN1. The molecule has 2 aromatic carbocycles. The molecule has 1 amide bonds. The van der Waals surface area contributed by atoms with E-state index in [-0.39, 0.29) is 18.0 Å². The lowest BCUT2D eigenvalue weighted by molar-refractivity contribution is -0.123. The van der Waals surface area contributed by atoms with Crippen LogP contribution in [0.4, 0.5) is 0 Å². The highest BCUT2D eigenvalue weighted by molar-refractivity contribution is 5.82. The Bertz CT molecular complexity index is 781. The van der Waals surface area contributed by atoms with E-state index in [0.717, 1.165) is 35.5 Å². The topological polar surface area (TPSA) is 71.6 Å². The lowest BCUT2D eigenvalue weighted by Gasteiger charge is -2.16. The molecule has 1 aliphatic heterocycles.